The van der Waals surface area contributed by atoms with Gasteiger partial charge in [-0.05, 0) is 45.7 Å². The third-order valence-electron chi connectivity index (χ3n) is 3.60. The Hall–Kier alpha value is -1.75. The molecule has 0 aromatic heterocycles. The lowest BCUT2D eigenvalue weighted by Gasteiger charge is -2.38. The molecule has 1 aliphatic heterocycles. The van der Waals surface area contributed by atoms with E-state index in [0.29, 0.717) is 25.9 Å². The van der Waals surface area contributed by atoms with Crippen molar-refractivity contribution in [2.75, 3.05) is 19.7 Å². The lowest BCUT2D eigenvalue weighted by Crippen LogP contribution is -2.50. The predicted octanol–water partition coefficient (Wildman–Crippen LogP) is 2.83. The highest BCUT2D eigenvalue weighted by Crippen LogP contribution is 2.25. The average molecular weight is 307 g/mol. The van der Waals surface area contributed by atoms with Crippen LogP contribution in [0.25, 0.3) is 0 Å². The van der Waals surface area contributed by atoms with Crippen LogP contribution >= 0.6 is 0 Å². The zero-order valence-corrected chi connectivity index (χ0v) is 13.5. The summed E-state index contributed by atoms with van der Waals surface area (Å²) in [5.74, 6) is 0.741. The first-order chi connectivity index (χ1) is 10.3. The number of piperidine rings is 1. The molecule has 1 N–H and O–H groups in total. The van der Waals surface area contributed by atoms with Gasteiger partial charge in [-0.1, -0.05) is 18.2 Å². The van der Waals surface area contributed by atoms with E-state index in [1.807, 2.05) is 51.1 Å². The largest absolute Gasteiger partial charge is 0.491 e. The van der Waals surface area contributed by atoms with Gasteiger partial charge in [0.2, 0.25) is 0 Å². The van der Waals surface area contributed by atoms with Crippen LogP contribution in [0.5, 0.6) is 5.75 Å². The second kappa shape index (κ2) is 6.57. The summed E-state index contributed by atoms with van der Waals surface area (Å²) < 4.78 is 11.0. The molecule has 0 saturated carbocycles. The average Bonchev–Trinajstić information content (AvgIpc) is 2.45. The summed E-state index contributed by atoms with van der Waals surface area (Å²) in [7, 11) is 0. The van der Waals surface area contributed by atoms with E-state index in [-0.39, 0.29) is 12.7 Å². The fourth-order valence-corrected chi connectivity index (χ4v) is 2.31. The fraction of sp³-hybridized carbons (Fsp3) is 0.588. The van der Waals surface area contributed by atoms with Gasteiger partial charge < -0.3 is 19.5 Å². The number of carbonyl (C=O) groups is 1. The Labute approximate surface area is 131 Å². The maximum Gasteiger partial charge on any atom is 0.410 e. The summed E-state index contributed by atoms with van der Waals surface area (Å²) in [5.41, 5.74) is -1.39. The van der Waals surface area contributed by atoms with Crippen LogP contribution in [0, 0.1) is 0 Å². The Morgan fingerprint density at radius 3 is 2.36 bits per heavy atom. The fourth-order valence-electron chi connectivity index (χ4n) is 2.31. The van der Waals surface area contributed by atoms with E-state index in [4.69, 9.17) is 9.47 Å². The maximum absolute atomic E-state index is 12.0. The van der Waals surface area contributed by atoms with Crippen LogP contribution in [-0.4, -0.2) is 47.0 Å². The maximum atomic E-state index is 12.0. The smallest absolute Gasteiger partial charge is 0.410 e. The van der Waals surface area contributed by atoms with Crippen LogP contribution in [0.15, 0.2) is 30.3 Å². The zero-order chi connectivity index (χ0) is 16.2. The van der Waals surface area contributed by atoms with Crippen LogP contribution < -0.4 is 4.74 Å². The first-order valence-electron chi connectivity index (χ1n) is 7.66. The third kappa shape index (κ3) is 4.91. The Morgan fingerprint density at radius 1 is 1.23 bits per heavy atom. The molecule has 1 fully saturated rings. The summed E-state index contributed by atoms with van der Waals surface area (Å²) in [6.07, 6.45) is 0.650. The number of carbonyl (C=O) groups excluding carboxylic acids is 1. The number of amides is 1. The number of benzene rings is 1. The Balaban J connectivity index is 1.81. The molecule has 0 radical (unpaired) electrons. The van der Waals surface area contributed by atoms with Crippen molar-refractivity contribution < 1.29 is 19.4 Å². The number of aliphatic hydroxyl groups is 1. The molecule has 22 heavy (non-hydrogen) atoms. The summed E-state index contributed by atoms with van der Waals surface area (Å²) in [4.78, 5) is 13.6. The van der Waals surface area contributed by atoms with Crippen LogP contribution in [0.1, 0.15) is 33.6 Å². The van der Waals surface area contributed by atoms with E-state index in [1.54, 1.807) is 4.90 Å². The van der Waals surface area contributed by atoms with E-state index in [1.165, 1.54) is 0 Å². The van der Waals surface area contributed by atoms with Gasteiger partial charge in [0, 0.05) is 13.1 Å². The first-order valence-corrected chi connectivity index (χ1v) is 7.66. The zero-order valence-electron chi connectivity index (χ0n) is 13.5. The molecule has 0 bridgehead atoms. The van der Waals surface area contributed by atoms with Crippen molar-refractivity contribution in [1.29, 1.82) is 0 Å². The van der Waals surface area contributed by atoms with Crippen molar-refractivity contribution in [2.24, 2.45) is 0 Å². The monoisotopic (exact) mass is 307 g/mol. The van der Waals surface area contributed by atoms with Gasteiger partial charge in [-0.2, -0.15) is 0 Å². The molecule has 1 aromatic rings. The molecular weight excluding hydrogens is 282 g/mol. The van der Waals surface area contributed by atoms with Crippen molar-refractivity contribution in [3.05, 3.63) is 30.3 Å². The summed E-state index contributed by atoms with van der Waals surface area (Å²) in [5, 5.41) is 10.6. The normalized spacial score (nSPS) is 17.9. The van der Waals surface area contributed by atoms with Gasteiger partial charge >= 0.3 is 6.09 Å². The molecule has 1 aromatic carbocycles. The van der Waals surface area contributed by atoms with Crippen molar-refractivity contribution in [1.82, 2.24) is 4.90 Å². The molecule has 122 valence electrons. The van der Waals surface area contributed by atoms with E-state index in [2.05, 4.69) is 0 Å². The topological polar surface area (TPSA) is 59.0 Å². The molecule has 1 aliphatic rings. The van der Waals surface area contributed by atoms with Gasteiger partial charge in [0.1, 0.15) is 23.6 Å². The Bertz CT molecular complexity index is 487. The van der Waals surface area contributed by atoms with Crippen LogP contribution in [0.4, 0.5) is 4.79 Å². The Morgan fingerprint density at radius 2 is 1.82 bits per heavy atom. The molecule has 0 atom stereocenters. The van der Waals surface area contributed by atoms with Crippen LogP contribution in [0.3, 0.4) is 0 Å². The van der Waals surface area contributed by atoms with Crippen molar-refractivity contribution >= 4 is 6.09 Å². The lowest BCUT2D eigenvalue weighted by molar-refractivity contribution is -0.0561. The molecule has 5 heteroatoms. The summed E-state index contributed by atoms with van der Waals surface area (Å²) >= 11 is 0. The van der Waals surface area contributed by atoms with E-state index >= 15 is 0 Å². The van der Waals surface area contributed by atoms with E-state index in [0.717, 1.165) is 5.75 Å². The molecule has 0 unspecified atom stereocenters. The minimum atomic E-state index is -0.894. The number of nitrogens with zero attached hydrogens (tertiary/aromatic N) is 1. The van der Waals surface area contributed by atoms with E-state index in [9.17, 15) is 9.90 Å². The number of likely N-dealkylation sites (tertiary alicyclic amines) is 1. The lowest BCUT2D eigenvalue weighted by atomic mass is 9.92. The quantitative estimate of drug-likeness (QED) is 0.933. The Kier molecular flexibility index (Phi) is 4.96. The molecule has 1 heterocycles. The molecule has 5 nitrogen and oxygen atoms in total. The van der Waals surface area contributed by atoms with Gasteiger partial charge in [0.05, 0.1) is 0 Å². The second-order valence-corrected chi connectivity index (χ2v) is 6.79. The summed E-state index contributed by atoms with van der Waals surface area (Å²) in [6.45, 7) is 6.73. The minimum absolute atomic E-state index is 0.235. The van der Waals surface area contributed by atoms with Crippen molar-refractivity contribution in [3.63, 3.8) is 0 Å². The number of hydrogen-bond donors (Lipinski definition) is 1. The molecular formula is C17H25NO4. The SMILES string of the molecule is CC(C)(C)OC(=O)N1CCC(O)(COc2ccccc2)CC1. The van der Waals surface area contributed by atoms with Gasteiger partial charge in [0.15, 0.2) is 0 Å². The van der Waals surface area contributed by atoms with Crippen LogP contribution in [-0.2, 0) is 4.74 Å². The predicted molar refractivity (Wildman–Crippen MR) is 83.9 cm³/mol. The van der Waals surface area contributed by atoms with E-state index < -0.39 is 11.2 Å². The first kappa shape index (κ1) is 16.6. The molecule has 1 amide bonds. The van der Waals surface area contributed by atoms with Crippen molar-refractivity contribution in [2.45, 2.75) is 44.8 Å². The van der Waals surface area contributed by atoms with Crippen LogP contribution in [0.2, 0.25) is 0 Å². The minimum Gasteiger partial charge on any atom is -0.491 e. The van der Waals surface area contributed by atoms with Gasteiger partial charge in [-0.15, -0.1) is 0 Å². The molecule has 0 spiro atoms. The number of ether oxygens (including phenoxy) is 2. The molecule has 1 saturated heterocycles. The second-order valence-electron chi connectivity index (χ2n) is 6.79. The summed E-state index contributed by atoms with van der Waals surface area (Å²) in [6, 6.07) is 9.42. The highest BCUT2D eigenvalue weighted by molar-refractivity contribution is 5.68. The number of hydrogen-bond acceptors (Lipinski definition) is 4. The molecule has 2 rings (SSSR count). The third-order valence-corrected chi connectivity index (χ3v) is 3.60. The van der Waals surface area contributed by atoms with Gasteiger partial charge in [-0.3, -0.25) is 0 Å². The molecule has 0 aliphatic carbocycles. The standard InChI is InChI=1S/C17H25NO4/c1-16(2,3)22-15(19)18-11-9-17(20,10-12-18)13-21-14-7-5-4-6-8-14/h4-8,20H,9-13H2,1-3H3. The highest BCUT2D eigenvalue weighted by Gasteiger charge is 2.36. The number of para-hydroxylation sites is 1. The van der Waals surface area contributed by atoms with Gasteiger partial charge in [-0.25, -0.2) is 4.79 Å². The highest BCUT2D eigenvalue weighted by atomic mass is 16.6. The van der Waals surface area contributed by atoms with Crippen molar-refractivity contribution in [3.8, 4) is 5.75 Å². The van der Waals surface area contributed by atoms with Gasteiger partial charge in [0.25, 0.3) is 0 Å². The number of rotatable bonds is 3.